The molecule has 0 heterocycles. The minimum atomic E-state index is -0.669. The van der Waals surface area contributed by atoms with E-state index in [1.54, 1.807) is 18.2 Å². The van der Waals surface area contributed by atoms with Crippen molar-refractivity contribution in [2.75, 3.05) is 6.61 Å². The van der Waals surface area contributed by atoms with Crippen molar-refractivity contribution in [1.29, 1.82) is 0 Å². The molecule has 7 heteroatoms. The molecule has 0 N–H and O–H groups in total. The predicted octanol–water partition coefficient (Wildman–Crippen LogP) is 7.77. The number of esters is 2. The lowest BCUT2D eigenvalue weighted by atomic mass is 10.1. The van der Waals surface area contributed by atoms with Crippen LogP contribution in [0.2, 0.25) is 15.1 Å². The van der Waals surface area contributed by atoms with Gasteiger partial charge in [0.25, 0.3) is 0 Å². The molecule has 2 aromatic carbocycles. The third kappa shape index (κ3) is 7.82. The van der Waals surface area contributed by atoms with Gasteiger partial charge < -0.3 is 9.47 Å². The van der Waals surface area contributed by atoms with Crippen molar-refractivity contribution in [2.24, 2.45) is 0 Å². The van der Waals surface area contributed by atoms with E-state index >= 15 is 0 Å². The van der Waals surface area contributed by atoms with Gasteiger partial charge in [-0.2, -0.15) is 0 Å². The van der Waals surface area contributed by atoms with Crippen LogP contribution in [0.15, 0.2) is 36.4 Å². The smallest absolute Gasteiger partial charge is 0.343 e. The van der Waals surface area contributed by atoms with Crippen LogP contribution in [0.1, 0.15) is 72.6 Å². The van der Waals surface area contributed by atoms with Crippen LogP contribution in [0.25, 0.3) is 0 Å². The molecule has 2 aromatic rings. The Hall–Kier alpha value is -1.75. The van der Waals surface area contributed by atoms with Gasteiger partial charge >= 0.3 is 11.9 Å². The van der Waals surface area contributed by atoms with Crippen molar-refractivity contribution in [1.82, 2.24) is 0 Å². The van der Waals surface area contributed by atoms with Crippen molar-refractivity contribution in [3.63, 3.8) is 0 Å². The van der Waals surface area contributed by atoms with Crippen LogP contribution in [-0.2, 0) is 4.74 Å². The largest absolute Gasteiger partial charge is 0.462 e. The number of carbonyl (C=O) groups is 2. The molecule has 0 bridgehead atoms. The summed E-state index contributed by atoms with van der Waals surface area (Å²) in [5.74, 6) is -1.05. The molecule has 0 spiro atoms. The highest BCUT2D eigenvalue weighted by Gasteiger charge is 2.16. The first kappa shape index (κ1) is 24.5. The van der Waals surface area contributed by atoms with Crippen LogP contribution in [0.5, 0.6) is 5.75 Å². The molecular formula is C23H25Cl3O4. The molecule has 0 saturated heterocycles. The summed E-state index contributed by atoms with van der Waals surface area (Å²) in [6.07, 6.45) is 7.98. The van der Waals surface area contributed by atoms with Crippen molar-refractivity contribution < 1.29 is 19.1 Å². The van der Waals surface area contributed by atoms with E-state index in [2.05, 4.69) is 6.92 Å². The number of hydrogen-bond donors (Lipinski definition) is 0. The van der Waals surface area contributed by atoms with Gasteiger partial charge in [-0.3, -0.25) is 0 Å². The Labute approximate surface area is 192 Å². The molecule has 0 aliphatic rings. The Kier molecular flexibility index (Phi) is 10.5. The molecule has 0 aliphatic heterocycles. The zero-order valence-corrected chi connectivity index (χ0v) is 19.2. The fourth-order valence-corrected chi connectivity index (χ4v) is 3.40. The Bertz CT molecular complexity index is 868. The molecule has 0 fully saturated rings. The van der Waals surface area contributed by atoms with Crippen molar-refractivity contribution in [3.8, 4) is 5.75 Å². The van der Waals surface area contributed by atoms with Gasteiger partial charge in [-0.25, -0.2) is 9.59 Å². The third-order valence-electron chi connectivity index (χ3n) is 4.49. The molecule has 0 unspecified atom stereocenters. The lowest BCUT2D eigenvalue weighted by molar-refractivity contribution is 0.0497. The van der Waals surface area contributed by atoms with Gasteiger partial charge in [0.1, 0.15) is 0 Å². The number of carbonyl (C=O) groups excluding carboxylic acids is 2. The summed E-state index contributed by atoms with van der Waals surface area (Å²) in [7, 11) is 0. The van der Waals surface area contributed by atoms with E-state index in [0.717, 1.165) is 19.3 Å². The van der Waals surface area contributed by atoms with E-state index in [9.17, 15) is 9.59 Å². The summed E-state index contributed by atoms with van der Waals surface area (Å²) < 4.78 is 10.6. The number of unbranched alkanes of at least 4 members (excludes halogenated alkanes) is 6. The topological polar surface area (TPSA) is 52.6 Å². The molecule has 2 rings (SSSR count). The van der Waals surface area contributed by atoms with Gasteiger partial charge in [-0.15, -0.1) is 0 Å². The summed E-state index contributed by atoms with van der Waals surface area (Å²) in [6, 6.07) is 8.92. The summed E-state index contributed by atoms with van der Waals surface area (Å²) >= 11 is 17.9. The van der Waals surface area contributed by atoms with Crippen LogP contribution in [0.4, 0.5) is 0 Å². The normalized spacial score (nSPS) is 10.7. The summed E-state index contributed by atoms with van der Waals surface area (Å²) in [6.45, 7) is 2.55. The lowest BCUT2D eigenvalue weighted by Gasteiger charge is -2.09. The maximum Gasteiger partial charge on any atom is 0.343 e. The highest BCUT2D eigenvalue weighted by atomic mass is 35.5. The van der Waals surface area contributed by atoms with Gasteiger partial charge in [-0.05, 0) is 30.7 Å². The maximum absolute atomic E-state index is 12.4. The third-order valence-corrected chi connectivity index (χ3v) is 5.51. The minimum Gasteiger partial charge on any atom is -0.462 e. The standard InChI is InChI=1S/C23H25Cl3O4/c1-2-3-4-5-6-7-8-12-29-22(27)16-10-9-11-17(13-16)23(28)30-21-15-19(25)18(24)14-20(21)26/h9-11,13-15H,2-8,12H2,1H3. The predicted molar refractivity (Wildman–Crippen MR) is 121 cm³/mol. The first-order valence-electron chi connectivity index (χ1n) is 10.1. The zero-order chi connectivity index (χ0) is 21.9. The van der Waals surface area contributed by atoms with Gasteiger partial charge in [-0.1, -0.05) is 86.3 Å². The quantitative estimate of drug-likeness (QED) is 0.145. The summed E-state index contributed by atoms with van der Waals surface area (Å²) in [5, 5.41) is 0.627. The van der Waals surface area contributed by atoms with E-state index in [1.807, 2.05) is 0 Å². The Morgan fingerprint density at radius 1 is 0.767 bits per heavy atom. The number of halogens is 3. The summed E-state index contributed by atoms with van der Waals surface area (Å²) in [5.41, 5.74) is 0.482. The van der Waals surface area contributed by atoms with E-state index < -0.39 is 11.9 Å². The highest BCUT2D eigenvalue weighted by molar-refractivity contribution is 6.43. The SMILES string of the molecule is CCCCCCCCCOC(=O)c1cccc(C(=O)Oc2cc(Cl)c(Cl)cc2Cl)c1. The van der Waals surface area contributed by atoms with Crippen molar-refractivity contribution in [3.05, 3.63) is 62.6 Å². The number of benzene rings is 2. The fourth-order valence-electron chi connectivity index (χ4n) is 2.82. The molecule has 0 aliphatic carbocycles. The zero-order valence-electron chi connectivity index (χ0n) is 16.9. The molecule has 4 nitrogen and oxygen atoms in total. The summed E-state index contributed by atoms with van der Waals surface area (Å²) in [4.78, 5) is 24.7. The second-order valence-electron chi connectivity index (χ2n) is 6.92. The van der Waals surface area contributed by atoms with Gasteiger partial charge in [0.2, 0.25) is 0 Å². The number of ether oxygens (including phenoxy) is 2. The highest BCUT2D eigenvalue weighted by Crippen LogP contribution is 2.34. The first-order chi connectivity index (χ1) is 14.4. The van der Waals surface area contributed by atoms with Crippen LogP contribution >= 0.6 is 34.8 Å². The fraction of sp³-hybridized carbons (Fsp3) is 0.391. The van der Waals surface area contributed by atoms with E-state index in [0.29, 0.717) is 6.61 Å². The molecule has 30 heavy (non-hydrogen) atoms. The maximum atomic E-state index is 12.4. The van der Waals surface area contributed by atoms with Crippen LogP contribution < -0.4 is 4.74 Å². The average molecular weight is 472 g/mol. The van der Waals surface area contributed by atoms with Crippen LogP contribution in [-0.4, -0.2) is 18.5 Å². The van der Waals surface area contributed by atoms with E-state index in [-0.39, 0.29) is 31.9 Å². The van der Waals surface area contributed by atoms with Gasteiger partial charge in [0.15, 0.2) is 5.75 Å². The number of rotatable bonds is 11. The van der Waals surface area contributed by atoms with Crippen molar-refractivity contribution in [2.45, 2.75) is 51.9 Å². The first-order valence-corrected chi connectivity index (χ1v) is 11.2. The second-order valence-corrected chi connectivity index (χ2v) is 8.15. The Morgan fingerprint density at radius 3 is 2.07 bits per heavy atom. The molecule has 0 radical (unpaired) electrons. The minimum absolute atomic E-state index is 0.0861. The molecule has 0 saturated carbocycles. The van der Waals surface area contributed by atoms with Gasteiger partial charge in [0.05, 0.1) is 32.8 Å². The monoisotopic (exact) mass is 470 g/mol. The van der Waals surface area contributed by atoms with Crippen LogP contribution in [0.3, 0.4) is 0 Å². The Balaban J connectivity index is 1.87. The molecule has 0 amide bonds. The van der Waals surface area contributed by atoms with Crippen LogP contribution in [0, 0.1) is 0 Å². The van der Waals surface area contributed by atoms with Crippen molar-refractivity contribution >= 4 is 46.7 Å². The van der Waals surface area contributed by atoms with Gasteiger partial charge in [0, 0.05) is 6.07 Å². The Morgan fingerprint density at radius 2 is 1.37 bits per heavy atom. The van der Waals surface area contributed by atoms with E-state index in [1.165, 1.54) is 43.9 Å². The lowest BCUT2D eigenvalue weighted by Crippen LogP contribution is -2.11. The molecule has 0 aromatic heterocycles. The number of hydrogen-bond acceptors (Lipinski definition) is 4. The van der Waals surface area contributed by atoms with E-state index in [4.69, 9.17) is 44.3 Å². The second kappa shape index (κ2) is 12.8. The molecular weight excluding hydrogens is 447 g/mol. The average Bonchev–Trinajstić information content (AvgIpc) is 2.73. The molecule has 0 atom stereocenters. The molecule has 162 valence electrons.